The number of halogens is 1. The minimum atomic E-state index is -3.05. The number of hydrogen-bond acceptors (Lipinski definition) is 3. The van der Waals surface area contributed by atoms with E-state index in [4.69, 9.17) is 11.6 Å². The van der Waals surface area contributed by atoms with Crippen LogP contribution in [0.25, 0.3) is 0 Å². The van der Waals surface area contributed by atoms with Crippen LogP contribution in [0.2, 0.25) is 5.02 Å². The first-order chi connectivity index (χ1) is 8.34. The van der Waals surface area contributed by atoms with Crippen LogP contribution in [-0.2, 0) is 16.3 Å². The number of benzene rings is 1. The molecule has 0 fully saturated rings. The Hall–Kier alpha value is -0.580. The molecule has 1 rings (SSSR count). The molecule has 5 heteroatoms. The van der Waals surface area contributed by atoms with Crippen LogP contribution < -0.4 is 5.32 Å². The molecule has 2 unspecified atom stereocenters. The second kappa shape index (κ2) is 6.55. The Balaban J connectivity index is 2.87. The van der Waals surface area contributed by atoms with Gasteiger partial charge in [-0.15, -0.1) is 0 Å². The molecule has 0 radical (unpaired) electrons. The zero-order chi connectivity index (χ0) is 13.8. The third-order valence-corrected chi connectivity index (χ3v) is 4.97. The molecule has 0 aromatic heterocycles. The monoisotopic (exact) mass is 289 g/mol. The first-order valence-corrected chi connectivity index (χ1v) is 8.34. The zero-order valence-corrected chi connectivity index (χ0v) is 12.6. The predicted molar refractivity (Wildman–Crippen MR) is 76.9 cm³/mol. The van der Waals surface area contributed by atoms with Crippen molar-refractivity contribution >= 4 is 21.4 Å². The topological polar surface area (TPSA) is 46.2 Å². The van der Waals surface area contributed by atoms with Gasteiger partial charge in [0.2, 0.25) is 0 Å². The fourth-order valence-corrected chi connectivity index (χ4v) is 2.88. The van der Waals surface area contributed by atoms with E-state index >= 15 is 0 Å². The summed E-state index contributed by atoms with van der Waals surface area (Å²) in [7, 11) is -3.05. The number of sulfone groups is 1. The molecule has 0 saturated carbocycles. The average molecular weight is 290 g/mol. The van der Waals surface area contributed by atoms with Crippen LogP contribution >= 0.6 is 11.6 Å². The molecule has 0 saturated heterocycles. The Bertz CT molecular complexity index is 488. The standard InChI is InChI=1S/C13H20ClNO2S/c1-4-15-13(10(2)18(3,16)17)9-11-6-5-7-12(14)8-11/h5-8,10,13,15H,4,9H2,1-3H3. The minimum absolute atomic E-state index is 0.0940. The van der Waals surface area contributed by atoms with E-state index in [0.717, 1.165) is 12.1 Å². The van der Waals surface area contributed by atoms with Gasteiger partial charge >= 0.3 is 0 Å². The van der Waals surface area contributed by atoms with Gasteiger partial charge in [-0.05, 0) is 37.6 Å². The fourth-order valence-electron chi connectivity index (χ4n) is 1.88. The number of hydrogen-bond donors (Lipinski definition) is 1. The van der Waals surface area contributed by atoms with Gasteiger partial charge in [-0.3, -0.25) is 0 Å². The van der Waals surface area contributed by atoms with Gasteiger partial charge < -0.3 is 5.32 Å². The van der Waals surface area contributed by atoms with E-state index in [-0.39, 0.29) is 6.04 Å². The smallest absolute Gasteiger partial charge is 0.151 e. The molecule has 0 amide bonds. The SMILES string of the molecule is CCNC(Cc1cccc(Cl)c1)C(C)S(C)(=O)=O. The highest BCUT2D eigenvalue weighted by molar-refractivity contribution is 7.91. The van der Waals surface area contributed by atoms with Crippen LogP contribution in [0.3, 0.4) is 0 Å². The Morgan fingerprint density at radius 3 is 2.56 bits per heavy atom. The quantitative estimate of drug-likeness (QED) is 0.874. The van der Waals surface area contributed by atoms with Crippen LogP contribution in [0.15, 0.2) is 24.3 Å². The second-order valence-corrected chi connectivity index (χ2v) is 7.37. The van der Waals surface area contributed by atoms with Gasteiger partial charge in [0.25, 0.3) is 0 Å². The van der Waals surface area contributed by atoms with Crippen molar-refractivity contribution in [1.82, 2.24) is 5.32 Å². The molecule has 1 aromatic carbocycles. The Kier molecular flexibility index (Phi) is 5.63. The summed E-state index contributed by atoms with van der Waals surface area (Å²) < 4.78 is 23.3. The summed E-state index contributed by atoms with van der Waals surface area (Å²) in [5.74, 6) is 0. The molecule has 0 bridgehead atoms. The summed E-state index contributed by atoms with van der Waals surface area (Å²) in [5, 5.41) is 3.49. The number of rotatable bonds is 6. The average Bonchev–Trinajstić information content (AvgIpc) is 2.26. The van der Waals surface area contributed by atoms with Crippen molar-refractivity contribution in [1.29, 1.82) is 0 Å². The van der Waals surface area contributed by atoms with Gasteiger partial charge in [0.15, 0.2) is 9.84 Å². The lowest BCUT2D eigenvalue weighted by Gasteiger charge is -2.23. The number of nitrogens with one attached hydrogen (secondary N) is 1. The van der Waals surface area contributed by atoms with E-state index in [1.165, 1.54) is 6.26 Å². The zero-order valence-electron chi connectivity index (χ0n) is 11.0. The molecule has 102 valence electrons. The van der Waals surface area contributed by atoms with Crippen molar-refractivity contribution in [2.24, 2.45) is 0 Å². The van der Waals surface area contributed by atoms with Crippen molar-refractivity contribution in [2.45, 2.75) is 31.6 Å². The first-order valence-electron chi connectivity index (χ1n) is 6.01. The normalized spacial score (nSPS) is 15.3. The van der Waals surface area contributed by atoms with Crippen molar-refractivity contribution in [2.75, 3.05) is 12.8 Å². The maximum atomic E-state index is 11.6. The summed E-state index contributed by atoms with van der Waals surface area (Å²) >= 11 is 5.94. The molecule has 0 spiro atoms. The molecule has 0 aliphatic carbocycles. The summed E-state index contributed by atoms with van der Waals surface area (Å²) in [4.78, 5) is 0. The largest absolute Gasteiger partial charge is 0.313 e. The van der Waals surface area contributed by atoms with Crippen molar-refractivity contribution < 1.29 is 8.42 Å². The molecule has 1 N–H and O–H groups in total. The molecular weight excluding hydrogens is 270 g/mol. The van der Waals surface area contributed by atoms with E-state index in [0.29, 0.717) is 11.4 Å². The molecule has 0 aliphatic rings. The summed E-state index contributed by atoms with van der Waals surface area (Å²) in [6.45, 7) is 4.46. The lowest BCUT2D eigenvalue weighted by atomic mass is 10.0. The van der Waals surface area contributed by atoms with E-state index < -0.39 is 15.1 Å². The van der Waals surface area contributed by atoms with Crippen molar-refractivity contribution in [3.63, 3.8) is 0 Å². The first kappa shape index (κ1) is 15.5. The molecule has 0 heterocycles. The Morgan fingerprint density at radius 1 is 1.39 bits per heavy atom. The van der Waals surface area contributed by atoms with Crippen LogP contribution in [0, 0.1) is 0 Å². The third kappa shape index (κ3) is 4.59. The van der Waals surface area contributed by atoms with Crippen LogP contribution in [0.5, 0.6) is 0 Å². The summed E-state index contributed by atoms with van der Waals surface area (Å²) in [6, 6.07) is 7.44. The molecule has 3 nitrogen and oxygen atoms in total. The van der Waals surface area contributed by atoms with Gasteiger partial charge in [0, 0.05) is 17.3 Å². The van der Waals surface area contributed by atoms with Crippen LogP contribution in [-0.4, -0.2) is 32.5 Å². The van der Waals surface area contributed by atoms with E-state index in [1.807, 2.05) is 31.2 Å². The second-order valence-electron chi connectivity index (χ2n) is 4.53. The maximum absolute atomic E-state index is 11.6. The summed E-state index contributed by atoms with van der Waals surface area (Å²) in [5.41, 5.74) is 1.05. The maximum Gasteiger partial charge on any atom is 0.151 e. The van der Waals surface area contributed by atoms with E-state index in [2.05, 4.69) is 5.32 Å². The van der Waals surface area contributed by atoms with Gasteiger partial charge in [0.1, 0.15) is 0 Å². The molecular formula is C13H20ClNO2S. The van der Waals surface area contributed by atoms with Crippen molar-refractivity contribution in [3.05, 3.63) is 34.9 Å². The lowest BCUT2D eigenvalue weighted by molar-refractivity contribution is 0.494. The van der Waals surface area contributed by atoms with Crippen molar-refractivity contribution in [3.8, 4) is 0 Å². The van der Waals surface area contributed by atoms with E-state index in [9.17, 15) is 8.42 Å². The Morgan fingerprint density at radius 2 is 2.06 bits per heavy atom. The molecule has 2 atom stereocenters. The van der Waals surface area contributed by atoms with Gasteiger partial charge in [-0.25, -0.2) is 8.42 Å². The highest BCUT2D eigenvalue weighted by Crippen LogP contribution is 2.15. The van der Waals surface area contributed by atoms with Crippen LogP contribution in [0.1, 0.15) is 19.4 Å². The lowest BCUT2D eigenvalue weighted by Crippen LogP contribution is -2.43. The Labute approximate surface area is 114 Å². The third-order valence-electron chi connectivity index (χ3n) is 3.05. The molecule has 0 aliphatic heterocycles. The summed E-state index contributed by atoms with van der Waals surface area (Å²) in [6.07, 6.45) is 1.93. The fraction of sp³-hybridized carbons (Fsp3) is 0.538. The highest BCUT2D eigenvalue weighted by atomic mass is 35.5. The van der Waals surface area contributed by atoms with Gasteiger partial charge in [0.05, 0.1) is 5.25 Å². The molecule has 18 heavy (non-hydrogen) atoms. The molecule has 1 aromatic rings. The van der Waals surface area contributed by atoms with Gasteiger partial charge in [-0.1, -0.05) is 30.7 Å². The minimum Gasteiger partial charge on any atom is -0.313 e. The highest BCUT2D eigenvalue weighted by Gasteiger charge is 2.25. The van der Waals surface area contributed by atoms with Crippen LogP contribution in [0.4, 0.5) is 0 Å². The van der Waals surface area contributed by atoms with Gasteiger partial charge in [-0.2, -0.15) is 0 Å². The number of likely N-dealkylation sites (N-methyl/N-ethyl adjacent to an activating group) is 1. The van der Waals surface area contributed by atoms with E-state index in [1.54, 1.807) is 6.92 Å². The predicted octanol–water partition coefficient (Wildman–Crippen LogP) is 2.29.